The van der Waals surface area contributed by atoms with Crippen LogP contribution in [0.2, 0.25) is 0 Å². The van der Waals surface area contributed by atoms with Crippen molar-refractivity contribution in [2.45, 2.75) is 37.6 Å². The first kappa shape index (κ1) is 13.9. The van der Waals surface area contributed by atoms with E-state index in [2.05, 4.69) is 29.0 Å². The molecule has 21 heavy (non-hydrogen) atoms. The zero-order valence-corrected chi connectivity index (χ0v) is 12.5. The third kappa shape index (κ3) is 3.17. The summed E-state index contributed by atoms with van der Waals surface area (Å²) >= 11 is 0. The molecular weight excluding hydrogens is 258 g/mol. The van der Waals surface area contributed by atoms with E-state index in [1.165, 1.54) is 19.3 Å². The van der Waals surface area contributed by atoms with E-state index < -0.39 is 0 Å². The van der Waals surface area contributed by atoms with Crippen LogP contribution in [0.15, 0.2) is 36.5 Å². The molecule has 1 saturated carbocycles. The molecule has 3 heteroatoms. The van der Waals surface area contributed by atoms with E-state index in [1.54, 1.807) is 0 Å². The van der Waals surface area contributed by atoms with Gasteiger partial charge in [0, 0.05) is 18.8 Å². The number of nitrogens with two attached hydrogens (primary N) is 1. The second kappa shape index (κ2) is 5.75. The molecule has 2 N–H and O–H groups in total. The van der Waals surface area contributed by atoms with E-state index in [0.717, 1.165) is 29.9 Å². The molecule has 1 fully saturated rings. The van der Waals surface area contributed by atoms with Crippen molar-refractivity contribution in [3.63, 3.8) is 0 Å². The third-order valence-electron chi connectivity index (χ3n) is 4.11. The van der Waals surface area contributed by atoms with Gasteiger partial charge in [0.25, 0.3) is 0 Å². The van der Waals surface area contributed by atoms with Crippen molar-refractivity contribution in [3.8, 4) is 23.1 Å². The van der Waals surface area contributed by atoms with E-state index >= 15 is 0 Å². The largest absolute Gasteiger partial charge is 0.327 e. The van der Waals surface area contributed by atoms with Gasteiger partial charge >= 0.3 is 0 Å². The van der Waals surface area contributed by atoms with Crippen molar-refractivity contribution in [3.05, 3.63) is 42.4 Å². The minimum atomic E-state index is -0.322. The molecule has 2 aromatic rings. The number of nitrogens with zero attached hydrogens (tertiary/aromatic N) is 2. The highest BCUT2D eigenvalue weighted by Crippen LogP contribution is 2.25. The molecule has 0 amide bonds. The Labute approximate surface area is 126 Å². The van der Waals surface area contributed by atoms with Gasteiger partial charge in [0.05, 0.1) is 11.2 Å². The van der Waals surface area contributed by atoms with E-state index in [1.807, 2.05) is 36.0 Å². The number of aromatic nitrogens is 2. The number of rotatable bonds is 1. The van der Waals surface area contributed by atoms with E-state index in [9.17, 15) is 0 Å². The standard InChI is InChI=1S/C18H21N3/c1-21-14-16(15-8-4-2-5-9-15)20-17(21)10-13-18(19)11-6-3-7-12-18/h2,4-5,8-9,14H,3,6-7,11-12,19H2,1H3. The molecule has 1 aromatic heterocycles. The zero-order valence-electron chi connectivity index (χ0n) is 12.5. The van der Waals surface area contributed by atoms with Gasteiger partial charge in [0.1, 0.15) is 0 Å². The van der Waals surface area contributed by atoms with Crippen LogP contribution in [0.3, 0.4) is 0 Å². The lowest BCUT2D eigenvalue weighted by atomic mass is 9.83. The van der Waals surface area contributed by atoms with Gasteiger partial charge in [-0.2, -0.15) is 0 Å². The lowest BCUT2D eigenvalue weighted by Crippen LogP contribution is -2.40. The lowest BCUT2D eigenvalue weighted by molar-refractivity contribution is 0.370. The molecule has 108 valence electrons. The number of benzene rings is 1. The topological polar surface area (TPSA) is 43.8 Å². The predicted octanol–water partition coefficient (Wildman–Crippen LogP) is 3.10. The minimum absolute atomic E-state index is 0.322. The van der Waals surface area contributed by atoms with Crippen LogP contribution in [0, 0.1) is 11.8 Å². The first-order valence-electron chi connectivity index (χ1n) is 7.57. The fourth-order valence-corrected chi connectivity index (χ4v) is 2.82. The quantitative estimate of drug-likeness (QED) is 0.815. The normalized spacial score (nSPS) is 17.0. The summed E-state index contributed by atoms with van der Waals surface area (Å²) in [6.45, 7) is 0. The van der Waals surface area contributed by atoms with Gasteiger partial charge in [-0.25, -0.2) is 4.98 Å². The molecule has 0 aliphatic heterocycles. The second-order valence-electron chi connectivity index (χ2n) is 5.89. The summed E-state index contributed by atoms with van der Waals surface area (Å²) < 4.78 is 1.97. The number of imidazole rings is 1. The predicted molar refractivity (Wildman–Crippen MR) is 85.5 cm³/mol. The molecule has 0 unspecified atom stereocenters. The molecule has 3 nitrogen and oxygen atoms in total. The van der Waals surface area contributed by atoms with Crippen LogP contribution in [-0.4, -0.2) is 15.1 Å². The van der Waals surface area contributed by atoms with Crippen molar-refractivity contribution >= 4 is 0 Å². The monoisotopic (exact) mass is 279 g/mol. The van der Waals surface area contributed by atoms with Crippen LogP contribution in [0.5, 0.6) is 0 Å². The Hall–Kier alpha value is -2.05. The Morgan fingerprint density at radius 2 is 1.86 bits per heavy atom. The van der Waals surface area contributed by atoms with E-state index in [0.29, 0.717) is 0 Å². The third-order valence-corrected chi connectivity index (χ3v) is 4.11. The van der Waals surface area contributed by atoms with Gasteiger partial charge in [-0.05, 0) is 18.8 Å². The smallest absolute Gasteiger partial charge is 0.185 e. The molecule has 3 rings (SSSR count). The summed E-state index contributed by atoms with van der Waals surface area (Å²) in [5, 5.41) is 0. The number of hydrogen-bond acceptors (Lipinski definition) is 2. The molecule has 1 aliphatic carbocycles. The molecular formula is C18H21N3. The Morgan fingerprint density at radius 1 is 1.14 bits per heavy atom. The summed E-state index contributed by atoms with van der Waals surface area (Å²) in [5.41, 5.74) is 8.11. The highest BCUT2D eigenvalue weighted by molar-refractivity contribution is 5.59. The van der Waals surface area contributed by atoms with Crippen molar-refractivity contribution in [1.29, 1.82) is 0 Å². The van der Waals surface area contributed by atoms with Crippen LogP contribution in [-0.2, 0) is 7.05 Å². The summed E-state index contributed by atoms with van der Waals surface area (Å²) in [5.74, 6) is 7.24. The second-order valence-corrected chi connectivity index (χ2v) is 5.89. The molecule has 0 bridgehead atoms. The van der Waals surface area contributed by atoms with Crippen molar-refractivity contribution in [2.75, 3.05) is 0 Å². The molecule has 0 saturated heterocycles. The summed E-state index contributed by atoms with van der Waals surface area (Å²) in [6, 6.07) is 10.2. The lowest BCUT2D eigenvalue weighted by Gasteiger charge is -2.27. The molecule has 1 aliphatic rings. The van der Waals surface area contributed by atoms with Gasteiger partial charge in [-0.15, -0.1) is 0 Å². The average molecular weight is 279 g/mol. The van der Waals surface area contributed by atoms with E-state index in [4.69, 9.17) is 5.73 Å². The van der Waals surface area contributed by atoms with Crippen LogP contribution < -0.4 is 5.73 Å². The highest BCUT2D eigenvalue weighted by Gasteiger charge is 2.24. The maximum Gasteiger partial charge on any atom is 0.185 e. The van der Waals surface area contributed by atoms with Crippen LogP contribution in [0.4, 0.5) is 0 Å². The Kier molecular flexibility index (Phi) is 3.81. The fraction of sp³-hybridized carbons (Fsp3) is 0.389. The van der Waals surface area contributed by atoms with Crippen molar-refractivity contribution < 1.29 is 0 Å². The zero-order chi connectivity index (χ0) is 14.7. The Bertz CT molecular complexity index is 667. The van der Waals surface area contributed by atoms with Crippen LogP contribution in [0.25, 0.3) is 11.3 Å². The van der Waals surface area contributed by atoms with Gasteiger partial charge < -0.3 is 10.3 Å². The Morgan fingerprint density at radius 3 is 2.57 bits per heavy atom. The molecule has 1 aromatic carbocycles. The number of hydrogen-bond donors (Lipinski definition) is 1. The molecule has 0 spiro atoms. The average Bonchev–Trinajstić information content (AvgIpc) is 2.88. The molecule has 0 atom stereocenters. The highest BCUT2D eigenvalue weighted by atomic mass is 15.0. The fourth-order valence-electron chi connectivity index (χ4n) is 2.82. The van der Waals surface area contributed by atoms with Gasteiger partial charge in [0.2, 0.25) is 0 Å². The maximum absolute atomic E-state index is 6.36. The van der Waals surface area contributed by atoms with Gasteiger partial charge in [-0.3, -0.25) is 0 Å². The van der Waals surface area contributed by atoms with Gasteiger partial charge in [0.15, 0.2) is 5.82 Å². The minimum Gasteiger partial charge on any atom is -0.327 e. The van der Waals surface area contributed by atoms with Gasteiger partial charge in [-0.1, -0.05) is 55.5 Å². The van der Waals surface area contributed by atoms with E-state index in [-0.39, 0.29) is 5.54 Å². The summed E-state index contributed by atoms with van der Waals surface area (Å²) in [7, 11) is 1.98. The first-order chi connectivity index (χ1) is 10.2. The summed E-state index contributed by atoms with van der Waals surface area (Å²) in [4.78, 5) is 4.63. The maximum atomic E-state index is 6.36. The number of aryl methyl sites for hydroxylation is 1. The van der Waals surface area contributed by atoms with Crippen molar-refractivity contribution in [2.24, 2.45) is 12.8 Å². The van der Waals surface area contributed by atoms with Crippen LogP contribution >= 0.6 is 0 Å². The Balaban J connectivity index is 1.86. The van der Waals surface area contributed by atoms with Crippen LogP contribution in [0.1, 0.15) is 37.9 Å². The molecule has 0 radical (unpaired) electrons. The summed E-state index contributed by atoms with van der Waals surface area (Å²) in [6.07, 6.45) is 7.65. The molecule has 1 heterocycles. The first-order valence-corrected chi connectivity index (χ1v) is 7.57. The SMILES string of the molecule is Cn1cc(-c2ccccc2)nc1C#CC1(N)CCCCC1. The van der Waals surface area contributed by atoms with Crippen molar-refractivity contribution in [1.82, 2.24) is 9.55 Å².